The average Bonchev–Trinajstić information content (AvgIpc) is 2.90. The maximum Gasteiger partial charge on any atom is 0.223 e. The summed E-state index contributed by atoms with van der Waals surface area (Å²) in [6.45, 7) is 2.53. The van der Waals surface area contributed by atoms with E-state index in [1.165, 1.54) is 5.56 Å². The van der Waals surface area contributed by atoms with Crippen LogP contribution in [0.15, 0.2) is 72.9 Å². The summed E-state index contributed by atoms with van der Waals surface area (Å²) in [6.07, 6.45) is 7.88. The Morgan fingerprint density at radius 1 is 1.00 bits per heavy atom. The number of nitrogens with zero attached hydrogens (tertiary/aromatic N) is 2. The summed E-state index contributed by atoms with van der Waals surface area (Å²) < 4.78 is 10.7. The van der Waals surface area contributed by atoms with Gasteiger partial charge in [0, 0.05) is 31.3 Å². The normalized spacial score (nSPS) is 11.1. The minimum absolute atomic E-state index is 0.0411. The molecular formula is C29H35N3O3. The van der Waals surface area contributed by atoms with Crippen molar-refractivity contribution < 1.29 is 14.3 Å². The van der Waals surface area contributed by atoms with Crippen LogP contribution < -0.4 is 14.8 Å². The molecule has 0 bridgehead atoms. The fraction of sp³-hybridized carbons (Fsp3) is 0.310. The number of hydrogen-bond acceptors (Lipinski definition) is 5. The number of pyridine rings is 1. The highest BCUT2D eigenvalue weighted by Crippen LogP contribution is 2.27. The zero-order valence-corrected chi connectivity index (χ0v) is 20.9. The first kappa shape index (κ1) is 26.0. The van der Waals surface area contributed by atoms with Crippen LogP contribution in [0.25, 0.3) is 17.3 Å². The van der Waals surface area contributed by atoms with Gasteiger partial charge < -0.3 is 19.7 Å². The highest BCUT2D eigenvalue weighted by molar-refractivity contribution is 5.78. The van der Waals surface area contributed by atoms with Crippen molar-refractivity contribution >= 4 is 12.0 Å². The molecule has 0 aliphatic heterocycles. The number of nitrogens with one attached hydrogen (secondary N) is 1. The second kappa shape index (κ2) is 13.9. The Kier molecular flexibility index (Phi) is 10.3. The number of ether oxygens (including phenoxy) is 2. The Bertz CT molecular complexity index is 1080. The predicted molar refractivity (Wildman–Crippen MR) is 142 cm³/mol. The zero-order valence-electron chi connectivity index (χ0n) is 20.9. The molecule has 0 saturated carbocycles. The summed E-state index contributed by atoms with van der Waals surface area (Å²) in [5.41, 5.74) is 4.30. The number of likely N-dealkylation sites (N-methyl/N-ethyl adjacent to an activating group) is 1. The van der Waals surface area contributed by atoms with Crippen LogP contribution in [0.3, 0.4) is 0 Å². The Balaban J connectivity index is 1.30. The molecule has 0 aliphatic rings. The van der Waals surface area contributed by atoms with Crippen LogP contribution in [-0.2, 0) is 11.2 Å². The van der Waals surface area contributed by atoms with Gasteiger partial charge in [-0.15, -0.1) is 0 Å². The van der Waals surface area contributed by atoms with E-state index in [1.807, 2.05) is 66.7 Å². The van der Waals surface area contributed by atoms with E-state index in [4.69, 9.17) is 9.47 Å². The fourth-order valence-electron chi connectivity index (χ4n) is 3.72. The topological polar surface area (TPSA) is 63.7 Å². The van der Waals surface area contributed by atoms with Crippen LogP contribution in [0.2, 0.25) is 0 Å². The lowest BCUT2D eigenvalue weighted by atomic mass is 10.1. The van der Waals surface area contributed by atoms with Gasteiger partial charge in [-0.05, 0) is 61.8 Å². The largest absolute Gasteiger partial charge is 0.493 e. The number of hydrogen-bond donors (Lipinski definition) is 1. The van der Waals surface area contributed by atoms with Crippen molar-refractivity contribution in [3.63, 3.8) is 0 Å². The van der Waals surface area contributed by atoms with Gasteiger partial charge in [-0.1, -0.05) is 48.6 Å². The quantitative estimate of drug-likeness (QED) is 0.360. The lowest BCUT2D eigenvalue weighted by Gasteiger charge is -2.17. The molecule has 3 rings (SSSR count). The van der Waals surface area contributed by atoms with Gasteiger partial charge in [0.1, 0.15) is 0 Å². The van der Waals surface area contributed by atoms with Crippen molar-refractivity contribution in [1.82, 2.24) is 15.2 Å². The number of rotatable bonds is 13. The number of carbonyl (C=O) groups is 1. The number of amides is 1. The smallest absolute Gasteiger partial charge is 0.223 e. The molecule has 6 nitrogen and oxygen atoms in total. The molecule has 1 amide bonds. The molecule has 1 heterocycles. The van der Waals surface area contributed by atoms with Gasteiger partial charge >= 0.3 is 0 Å². The van der Waals surface area contributed by atoms with Gasteiger partial charge in [0.05, 0.1) is 19.9 Å². The van der Waals surface area contributed by atoms with E-state index < -0.39 is 0 Å². The molecule has 0 radical (unpaired) electrons. The van der Waals surface area contributed by atoms with Gasteiger partial charge in [-0.3, -0.25) is 9.78 Å². The van der Waals surface area contributed by atoms with E-state index in [0.717, 1.165) is 54.3 Å². The lowest BCUT2D eigenvalue weighted by molar-refractivity contribution is -0.120. The Morgan fingerprint density at radius 3 is 2.51 bits per heavy atom. The third-order valence-electron chi connectivity index (χ3n) is 5.75. The minimum atomic E-state index is 0.0411. The maximum atomic E-state index is 12.1. The molecule has 0 fully saturated rings. The summed E-state index contributed by atoms with van der Waals surface area (Å²) in [7, 11) is 5.40. The van der Waals surface area contributed by atoms with Gasteiger partial charge in [0.2, 0.25) is 5.91 Å². The average molecular weight is 474 g/mol. The van der Waals surface area contributed by atoms with Crippen LogP contribution in [0.1, 0.15) is 24.0 Å². The predicted octanol–water partition coefficient (Wildman–Crippen LogP) is 4.85. The highest BCUT2D eigenvalue weighted by atomic mass is 16.5. The molecule has 3 aromatic rings. The first-order valence-electron chi connectivity index (χ1n) is 11.9. The molecular weight excluding hydrogens is 438 g/mol. The Morgan fingerprint density at radius 2 is 1.80 bits per heavy atom. The van der Waals surface area contributed by atoms with Crippen molar-refractivity contribution in [2.75, 3.05) is 40.9 Å². The van der Waals surface area contributed by atoms with Crippen LogP contribution in [0.4, 0.5) is 0 Å². The second-order valence-corrected chi connectivity index (χ2v) is 8.39. The monoisotopic (exact) mass is 473 g/mol. The maximum absolute atomic E-state index is 12.1. The van der Waals surface area contributed by atoms with E-state index in [2.05, 4.69) is 28.3 Å². The summed E-state index contributed by atoms with van der Waals surface area (Å²) in [4.78, 5) is 18.8. The van der Waals surface area contributed by atoms with Gasteiger partial charge in [-0.25, -0.2) is 0 Å². The molecule has 0 unspecified atom stereocenters. The standard InChI is InChI=1S/C29H35N3O3/c1-32(21-17-24-13-16-27(34-2)28(22-24)35-3)20-7-19-31-29(33)10-6-8-23-11-14-25(15-12-23)26-9-4-5-18-30-26/h4-6,8-9,11-16,18,22H,7,10,17,19-21H2,1-3H3,(H,31,33). The van der Waals surface area contributed by atoms with E-state index in [1.54, 1.807) is 20.4 Å². The summed E-state index contributed by atoms with van der Waals surface area (Å²) >= 11 is 0. The van der Waals surface area contributed by atoms with E-state index >= 15 is 0 Å². The van der Waals surface area contributed by atoms with Crippen LogP contribution in [-0.4, -0.2) is 56.7 Å². The van der Waals surface area contributed by atoms with E-state index in [0.29, 0.717) is 13.0 Å². The Labute approximate surface area is 208 Å². The van der Waals surface area contributed by atoms with Gasteiger partial charge in [0.25, 0.3) is 0 Å². The third-order valence-corrected chi connectivity index (χ3v) is 5.75. The number of methoxy groups -OCH3 is 2. The second-order valence-electron chi connectivity index (χ2n) is 8.39. The van der Waals surface area contributed by atoms with E-state index in [9.17, 15) is 4.79 Å². The molecule has 1 aromatic heterocycles. The van der Waals surface area contributed by atoms with E-state index in [-0.39, 0.29) is 5.91 Å². The van der Waals surface area contributed by atoms with Crippen LogP contribution >= 0.6 is 0 Å². The summed E-state index contributed by atoms with van der Waals surface area (Å²) in [6, 6.07) is 20.1. The molecule has 2 aromatic carbocycles. The first-order chi connectivity index (χ1) is 17.1. The zero-order chi connectivity index (χ0) is 24.9. The summed E-state index contributed by atoms with van der Waals surface area (Å²) in [5.74, 6) is 1.54. The summed E-state index contributed by atoms with van der Waals surface area (Å²) in [5, 5.41) is 3.00. The van der Waals surface area contributed by atoms with Crippen LogP contribution in [0.5, 0.6) is 11.5 Å². The van der Waals surface area contributed by atoms with Crippen molar-refractivity contribution in [3.8, 4) is 22.8 Å². The lowest BCUT2D eigenvalue weighted by Crippen LogP contribution is -2.28. The number of aromatic nitrogens is 1. The molecule has 0 aliphatic carbocycles. The van der Waals surface area contributed by atoms with Crippen molar-refractivity contribution in [3.05, 3.63) is 84.1 Å². The van der Waals surface area contributed by atoms with Crippen molar-refractivity contribution in [2.45, 2.75) is 19.3 Å². The third kappa shape index (κ3) is 8.58. The fourth-order valence-corrected chi connectivity index (χ4v) is 3.72. The molecule has 1 N–H and O–H groups in total. The van der Waals surface area contributed by atoms with Crippen molar-refractivity contribution in [1.29, 1.82) is 0 Å². The number of benzene rings is 2. The molecule has 0 saturated heterocycles. The van der Waals surface area contributed by atoms with Gasteiger partial charge in [-0.2, -0.15) is 0 Å². The molecule has 0 spiro atoms. The molecule has 35 heavy (non-hydrogen) atoms. The first-order valence-corrected chi connectivity index (χ1v) is 11.9. The Hall–Kier alpha value is -3.64. The van der Waals surface area contributed by atoms with Gasteiger partial charge in [0.15, 0.2) is 11.5 Å². The number of carbonyl (C=O) groups excluding carboxylic acids is 1. The SMILES string of the molecule is COc1ccc(CCN(C)CCCNC(=O)CC=Cc2ccc(-c3ccccn3)cc2)cc1OC. The highest BCUT2D eigenvalue weighted by Gasteiger charge is 2.06. The minimum Gasteiger partial charge on any atom is -0.493 e. The molecule has 0 atom stereocenters. The molecule has 6 heteroatoms. The van der Waals surface area contributed by atoms with Crippen LogP contribution in [0, 0.1) is 0 Å². The van der Waals surface area contributed by atoms with Crippen molar-refractivity contribution in [2.24, 2.45) is 0 Å². The molecule has 184 valence electrons.